The van der Waals surface area contributed by atoms with Crippen LogP contribution in [0.3, 0.4) is 0 Å². The molecule has 0 atom stereocenters. The first-order chi connectivity index (χ1) is 10.1. The summed E-state index contributed by atoms with van der Waals surface area (Å²) in [6.45, 7) is 0.199. The van der Waals surface area contributed by atoms with Crippen molar-refractivity contribution in [1.82, 2.24) is 9.55 Å². The molecule has 0 unspecified atom stereocenters. The number of nitrogens with one attached hydrogen (secondary N) is 1. The summed E-state index contributed by atoms with van der Waals surface area (Å²) in [4.78, 5) is 25.2. The lowest BCUT2D eigenvalue weighted by Gasteiger charge is -2.10. The molecule has 0 saturated carbocycles. The van der Waals surface area contributed by atoms with Crippen LogP contribution in [0.25, 0.3) is 0 Å². The van der Waals surface area contributed by atoms with E-state index in [0.717, 1.165) is 5.56 Å². The minimum atomic E-state index is -0.689. The van der Waals surface area contributed by atoms with Crippen molar-refractivity contribution in [2.45, 2.75) is 6.54 Å². The molecule has 0 spiro atoms. The Morgan fingerprint density at radius 2 is 1.95 bits per heavy atom. The minimum Gasteiger partial charge on any atom is -0.493 e. The highest BCUT2D eigenvalue weighted by Gasteiger charge is 2.08. The van der Waals surface area contributed by atoms with E-state index in [4.69, 9.17) is 14.7 Å². The zero-order valence-electron chi connectivity index (χ0n) is 11.5. The van der Waals surface area contributed by atoms with E-state index in [1.54, 1.807) is 24.3 Å². The molecule has 0 aliphatic carbocycles. The van der Waals surface area contributed by atoms with Gasteiger partial charge in [0.25, 0.3) is 5.56 Å². The molecule has 0 fully saturated rings. The number of ether oxygens (including phenoxy) is 2. The van der Waals surface area contributed by atoms with Crippen LogP contribution >= 0.6 is 0 Å². The Morgan fingerprint density at radius 1 is 1.24 bits per heavy atom. The number of H-pyrrole nitrogens is 1. The van der Waals surface area contributed by atoms with Crippen molar-refractivity contribution in [3.8, 4) is 17.6 Å². The van der Waals surface area contributed by atoms with Crippen molar-refractivity contribution >= 4 is 0 Å². The monoisotopic (exact) mass is 287 g/mol. The molecule has 1 aromatic carbocycles. The first kappa shape index (κ1) is 14.4. The van der Waals surface area contributed by atoms with Gasteiger partial charge in [-0.25, -0.2) is 4.79 Å². The number of methoxy groups -OCH3 is 2. The molecule has 1 N–H and O–H groups in total. The van der Waals surface area contributed by atoms with Gasteiger partial charge in [0.05, 0.1) is 20.8 Å². The zero-order valence-corrected chi connectivity index (χ0v) is 11.5. The van der Waals surface area contributed by atoms with Crippen molar-refractivity contribution in [2.24, 2.45) is 0 Å². The fourth-order valence-electron chi connectivity index (χ4n) is 1.88. The van der Waals surface area contributed by atoms with Gasteiger partial charge >= 0.3 is 5.69 Å². The molecular weight excluding hydrogens is 274 g/mol. The highest BCUT2D eigenvalue weighted by Crippen LogP contribution is 2.27. The quantitative estimate of drug-likeness (QED) is 0.881. The molecule has 0 saturated heterocycles. The maximum absolute atomic E-state index is 11.7. The minimum absolute atomic E-state index is 0.116. The molecule has 7 nitrogen and oxygen atoms in total. The van der Waals surface area contributed by atoms with Crippen LogP contribution in [0.15, 0.2) is 34.0 Å². The summed E-state index contributed by atoms with van der Waals surface area (Å²) >= 11 is 0. The molecule has 0 radical (unpaired) electrons. The van der Waals surface area contributed by atoms with Gasteiger partial charge in [-0.05, 0) is 17.7 Å². The average Bonchev–Trinajstić information content (AvgIpc) is 2.49. The molecule has 1 heterocycles. The first-order valence-corrected chi connectivity index (χ1v) is 6.03. The van der Waals surface area contributed by atoms with Crippen LogP contribution < -0.4 is 20.7 Å². The van der Waals surface area contributed by atoms with Crippen LogP contribution in [-0.2, 0) is 6.54 Å². The molecular formula is C14H13N3O4. The van der Waals surface area contributed by atoms with Gasteiger partial charge in [-0.1, -0.05) is 6.07 Å². The number of rotatable bonds is 4. The number of benzene rings is 1. The smallest absolute Gasteiger partial charge is 0.328 e. The number of aromatic nitrogens is 2. The van der Waals surface area contributed by atoms with Crippen molar-refractivity contribution < 1.29 is 9.47 Å². The summed E-state index contributed by atoms with van der Waals surface area (Å²) in [5, 5.41) is 8.83. The zero-order chi connectivity index (χ0) is 15.4. The van der Waals surface area contributed by atoms with Crippen molar-refractivity contribution in [3.05, 3.63) is 56.4 Å². The fourth-order valence-corrected chi connectivity index (χ4v) is 1.88. The van der Waals surface area contributed by atoms with E-state index in [1.165, 1.54) is 25.0 Å². The molecule has 7 heteroatoms. The van der Waals surface area contributed by atoms with Gasteiger partial charge in [0.15, 0.2) is 11.5 Å². The molecule has 2 rings (SSSR count). The van der Waals surface area contributed by atoms with Crippen LogP contribution in [0.2, 0.25) is 0 Å². The van der Waals surface area contributed by atoms with Crippen molar-refractivity contribution in [2.75, 3.05) is 14.2 Å². The first-order valence-electron chi connectivity index (χ1n) is 6.03. The summed E-state index contributed by atoms with van der Waals surface area (Å²) in [5.41, 5.74) is -0.611. The largest absolute Gasteiger partial charge is 0.493 e. The average molecular weight is 287 g/mol. The lowest BCUT2D eigenvalue weighted by Crippen LogP contribution is -2.31. The Kier molecular flexibility index (Phi) is 4.09. The highest BCUT2D eigenvalue weighted by atomic mass is 16.5. The third-order valence-electron chi connectivity index (χ3n) is 2.93. The van der Waals surface area contributed by atoms with Crippen LogP contribution in [0.4, 0.5) is 0 Å². The topological polar surface area (TPSA) is 97.1 Å². The summed E-state index contributed by atoms with van der Waals surface area (Å²) in [6, 6.07) is 6.95. The van der Waals surface area contributed by atoms with Crippen LogP contribution in [0.1, 0.15) is 11.1 Å². The van der Waals surface area contributed by atoms with Gasteiger partial charge in [0, 0.05) is 6.20 Å². The predicted molar refractivity (Wildman–Crippen MR) is 74.7 cm³/mol. The van der Waals surface area contributed by atoms with E-state index in [0.29, 0.717) is 11.5 Å². The van der Waals surface area contributed by atoms with Gasteiger partial charge in [-0.2, -0.15) is 5.26 Å². The van der Waals surface area contributed by atoms with Gasteiger partial charge in [-0.3, -0.25) is 14.3 Å². The SMILES string of the molecule is COc1ccc(Cn2cc(C#N)c(=O)[nH]c2=O)cc1OC. The second-order valence-electron chi connectivity index (χ2n) is 4.23. The molecule has 0 aliphatic heterocycles. The van der Waals surface area contributed by atoms with E-state index in [1.807, 2.05) is 0 Å². The second-order valence-corrected chi connectivity index (χ2v) is 4.23. The molecule has 0 aliphatic rings. The molecule has 21 heavy (non-hydrogen) atoms. The maximum Gasteiger partial charge on any atom is 0.328 e. The molecule has 2 aromatic rings. The van der Waals surface area contributed by atoms with E-state index in [9.17, 15) is 9.59 Å². The Bertz CT molecular complexity index is 814. The third kappa shape index (κ3) is 2.95. The maximum atomic E-state index is 11.7. The summed E-state index contributed by atoms with van der Waals surface area (Å²) < 4.78 is 11.6. The van der Waals surface area contributed by atoms with Gasteiger partial charge in [0.1, 0.15) is 11.6 Å². The fraction of sp³-hybridized carbons (Fsp3) is 0.214. The molecule has 0 bridgehead atoms. The number of hydrogen-bond acceptors (Lipinski definition) is 5. The van der Waals surface area contributed by atoms with Gasteiger partial charge in [-0.15, -0.1) is 0 Å². The molecule has 1 aromatic heterocycles. The molecule has 108 valence electrons. The number of hydrogen-bond donors (Lipinski definition) is 1. The third-order valence-corrected chi connectivity index (χ3v) is 2.93. The van der Waals surface area contributed by atoms with E-state index >= 15 is 0 Å². The van der Waals surface area contributed by atoms with Crippen molar-refractivity contribution in [1.29, 1.82) is 5.26 Å². The van der Waals surface area contributed by atoms with E-state index < -0.39 is 11.2 Å². The lowest BCUT2D eigenvalue weighted by molar-refractivity contribution is 0.354. The second kappa shape index (κ2) is 5.96. The Hall–Kier alpha value is -3.01. The summed E-state index contributed by atoms with van der Waals surface area (Å²) in [5.74, 6) is 1.11. The number of nitrogens with zero attached hydrogens (tertiary/aromatic N) is 2. The van der Waals surface area contributed by atoms with Gasteiger partial charge in [0.2, 0.25) is 0 Å². The predicted octanol–water partition coefficient (Wildman–Crippen LogP) is 0.474. The van der Waals surface area contributed by atoms with Crippen LogP contribution in [0, 0.1) is 11.3 Å². The van der Waals surface area contributed by atoms with Crippen LogP contribution in [0.5, 0.6) is 11.5 Å². The lowest BCUT2D eigenvalue weighted by atomic mass is 10.2. The molecule has 0 amide bonds. The Morgan fingerprint density at radius 3 is 2.57 bits per heavy atom. The standard InChI is InChI=1S/C14H13N3O4/c1-20-11-4-3-9(5-12(11)21-2)7-17-8-10(6-15)13(18)16-14(17)19/h3-5,8H,7H2,1-2H3,(H,16,18,19). The van der Waals surface area contributed by atoms with E-state index in [-0.39, 0.29) is 12.1 Å². The summed E-state index contributed by atoms with van der Waals surface area (Å²) in [7, 11) is 3.05. The Labute approximate surface area is 120 Å². The summed E-state index contributed by atoms with van der Waals surface area (Å²) in [6.07, 6.45) is 1.23. The van der Waals surface area contributed by atoms with Crippen molar-refractivity contribution in [3.63, 3.8) is 0 Å². The number of aromatic amines is 1. The highest BCUT2D eigenvalue weighted by molar-refractivity contribution is 5.43. The van der Waals surface area contributed by atoms with Crippen LogP contribution in [-0.4, -0.2) is 23.8 Å². The van der Waals surface area contributed by atoms with E-state index in [2.05, 4.69) is 4.98 Å². The number of nitriles is 1. The Balaban J connectivity index is 2.41. The normalized spacial score (nSPS) is 9.95. The van der Waals surface area contributed by atoms with Gasteiger partial charge < -0.3 is 9.47 Å².